The number of nitrogens with zero attached hydrogens (tertiary/aromatic N) is 1. The molecule has 0 fully saturated rings. The Morgan fingerprint density at radius 1 is 1.03 bits per heavy atom. The molecule has 2 aromatic rings. The van der Waals surface area contributed by atoms with Crippen molar-refractivity contribution in [2.45, 2.75) is 67.6 Å². The third kappa shape index (κ3) is 7.03. The fourth-order valence-electron chi connectivity index (χ4n) is 3.67. The molecule has 0 heterocycles. The summed E-state index contributed by atoms with van der Waals surface area (Å²) in [5.41, 5.74) is 0.975. The van der Waals surface area contributed by atoms with Gasteiger partial charge in [0.05, 0.1) is 0 Å². The highest BCUT2D eigenvalue weighted by Crippen LogP contribution is 2.37. The Bertz CT molecular complexity index is 1020. The Morgan fingerprint density at radius 2 is 1.76 bits per heavy atom. The molecular formula is C28H31NO3S. The third-order valence-corrected chi connectivity index (χ3v) is 6.71. The van der Waals surface area contributed by atoms with Crippen molar-refractivity contribution >= 4 is 29.7 Å². The Hall–Kier alpha value is -2.92. The molecule has 1 atom stereocenters. The van der Waals surface area contributed by atoms with Crippen LogP contribution in [0.15, 0.2) is 93.3 Å². The first kappa shape index (κ1) is 24.7. The van der Waals surface area contributed by atoms with Crippen molar-refractivity contribution in [3.05, 3.63) is 84.0 Å². The summed E-state index contributed by atoms with van der Waals surface area (Å²) in [6.45, 7) is 4.13. The van der Waals surface area contributed by atoms with Gasteiger partial charge in [0.25, 0.3) is 0 Å². The number of hydrogen-bond acceptors (Lipinski definition) is 5. The van der Waals surface area contributed by atoms with E-state index in [1.807, 2.05) is 67.6 Å². The van der Waals surface area contributed by atoms with E-state index in [2.05, 4.69) is 24.2 Å². The van der Waals surface area contributed by atoms with Crippen LogP contribution in [0.2, 0.25) is 0 Å². The number of oxime groups is 1. The number of benzene rings is 2. The van der Waals surface area contributed by atoms with E-state index in [1.165, 1.54) is 0 Å². The molecular weight excluding hydrogens is 430 g/mol. The minimum absolute atomic E-state index is 0.120. The summed E-state index contributed by atoms with van der Waals surface area (Å²) in [7, 11) is 0. The molecule has 2 aromatic carbocycles. The zero-order valence-corrected chi connectivity index (χ0v) is 20.1. The summed E-state index contributed by atoms with van der Waals surface area (Å²) in [6.07, 6.45) is 12.0. The number of rotatable bonds is 11. The maximum absolute atomic E-state index is 13.2. The van der Waals surface area contributed by atoms with Crippen molar-refractivity contribution in [3.8, 4) is 0 Å². The average molecular weight is 462 g/mol. The molecule has 5 heteroatoms. The second-order valence-corrected chi connectivity index (χ2v) is 9.43. The lowest BCUT2D eigenvalue weighted by Gasteiger charge is -2.29. The number of unbranched alkanes of at least 4 members (excludes halogenated alkanes) is 3. The number of carbonyl (C=O) groups excluding carboxylic acids is 2. The van der Waals surface area contributed by atoms with Crippen LogP contribution in [0.3, 0.4) is 0 Å². The van der Waals surface area contributed by atoms with E-state index in [4.69, 9.17) is 4.84 Å². The van der Waals surface area contributed by atoms with Crippen molar-refractivity contribution in [1.82, 2.24) is 0 Å². The van der Waals surface area contributed by atoms with Crippen LogP contribution in [-0.2, 0) is 19.8 Å². The fraction of sp³-hybridized carbons (Fsp3) is 0.321. The van der Waals surface area contributed by atoms with Gasteiger partial charge in [-0.05, 0) is 49.6 Å². The quantitative estimate of drug-likeness (QED) is 0.156. The van der Waals surface area contributed by atoms with Gasteiger partial charge < -0.3 is 4.84 Å². The van der Waals surface area contributed by atoms with Gasteiger partial charge in [0.1, 0.15) is 11.6 Å². The molecule has 0 spiro atoms. The smallest absolute Gasteiger partial charge is 0.317 e. The second kappa shape index (κ2) is 12.4. The summed E-state index contributed by atoms with van der Waals surface area (Å²) >= 11 is 1.67. The number of allylic oxidation sites excluding steroid dienone is 3. The maximum Gasteiger partial charge on any atom is 0.349 e. The second-order valence-electron chi connectivity index (χ2n) is 8.29. The summed E-state index contributed by atoms with van der Waals surface area (Å²) < 4.78 is 0. The van der Waals surface area contributed by atoms with Crippen LogP contribution in [0.1, 0.15) is 57.9 Å². The summed E-state index contributed by atoms with van der Waals surface area (Å²) in [5, 5.41) is 3.73. The Morgan fingerprint density at radius 3 is 2.42 bits per heavy atom. The molecule has 3 rings (SSSR count). The normalized spacial score (nSPS) is 17.7. The van der Waals surface area contributed by atoms with Gasteiger partial charge in [0, 0.05) is 16.2 Å². The van der Waals surface area contributed by atoms with E-state index >= 15 is 0 Å². The highest BCUT2D eigenvalue weighted by molar-refractivity contribution is 7.99. The van der Waals surface area contributed by atoms with Gasteiger partial charge in [-0.1, -0.05) is 97.2 Å². The summed E-state index contributed by atoms with van der Waals surface area (Å²) in [6, 6.07) is 18.1. The standard InChI is InChI=1S/C28H31NO3S/c1-3-4-5-7-10-24(30)21-29-32-27(31)28(19-17-22(2)18-20-28)23-13-15-26(16-14-23)33-25-11-8-6-9-12-25/h6,8-9,11-19,21H,3-5,7,10,20H2,1-2H3. The summed E-state index contributed by atoms with van der Waals surface area (Å²) in [5.74, 6) is -0.605. The zero-order chi connectivity index (χ0) is 23.5. The van der Waals surface area contributed by atoms with Gasteiger partial charge in [0.2, 0.25) is 0 Å². The van der Waals surface area contributed by atoms with Gasteiger partial charge >= 0.3 is 5.97 Å². The zero-order valence-electron chi connectivity index (χ0n) is 19.3. The number of hydrogen-bond donors (Lipinski definition) is 0. The first-order valence-corrected chi connectivity index (χ1v) is 12.3. The largest absolute Gasteiger partial charge is 0.349 e. The van der Waals surface area contributed by atoms with E-state index in [9.17, 15) is 9.59 Å². The lowest BCUT2D eigenvalue weighted by atomic mass is 9.74. The van der Waals surface area contributed by atoms with Gasteiger partial charge in [-0.25, -0.2) is 4.79 Å². The molecule has 4 nitrogen and oxygen atoms in total. The van der Waals surface area contributed by atoms with Crippen LogP contribution in [0.4, 0.5) is 0 Å². The molecule has 1 unspecified atom stereocenters. The topological polar surface area (TPSA) is 55.7 Å². The van der Waals surface area contributed by atoms with Crippen molar-refractivity contribution < 1.29 is 14.4 Å². The minimum Gasteiger partial charge on any atom is -0.317 e. The lowest BCUT2D eigenvalue weighted by Crippen LogP contribution is -2.35. The fourth-order valence-corrected chi connectivity index (χ4v) is 4.50. The first-order chi connectivity index (χ1) is 16.0. The van der Waals surface area contributed by atoms with E-state index in [0.29, 0.717) is 12.8 Å². The summed E-state index contributed by atoms with van der Waals surface area (Å²) in [4.78, 5) is 32.6. The first-order valence-electron chi connectivity index (χ1n) is 11.5. The highest BCUT2D eigenvalue weighted by atomic mass is 32.2. The van der Waals surface area contributed by atoms with Gasteiger partial charge in [-0.3, -0.25) is 4.79 Å². The van der Waals surface area contributed by atoms with Gasteiger partial charge in [-0.2, -0.15) is 0 Å². The predicted octanol–water partition coefficient (Wildman–Crippen LogP) is 7.05. The molecule has 0 radical (unpaired) electrons. The average Bonchev–Trinajstić information content (AvgIpc) is 2.84. The molecule has 0 saturated carbocycles. The highest BCUT2D eigenvalue weighted by Gasteiger charge is 2.40. The lowest BCUT2D eigenvalue weighted by molar-refractivity contribution is -0.148. The Kier molecular flexibility index (Phi) is 9.25. The van der Waals surface area contributed by atoms with Crippen LogP contribution in [0.25, 0.3) is 0 Å². The van der Waals surface area contributed by atoms with Crippen molar-refractivity contribution in [3.63, 3.8) is 0 Å². The number of Topliss-reactive ketones (excluding diaryl/α,β-unsaturated/α-hetero) is 1. The third-order valence-electron chi connectivity index (χ3n) is 5.70. The van der Waals surface area contributed by atoms with Crippen LogP contribution in [-0.4, -0.2) is 18.0 Å². The molecule has 33 heavy (non-hydrogen) atoms. The van der Waals surface area contributed by atoms with Crippen LogP contribution in [0.5, 0.6) is 0 Å². The molecule has 0 aliphatic heterocycles. The van der Waals surface area contributed by atoms with Crippen LogP contribution >= 0.6 is 11.8 Å². The van der Waals surface area contributed by atoms with E-state index in [0.717, 1.165) is 52.8 Å². The predicted molar refractivity (Wildman–Crippen MR) is 135 cm³/mol. The maximum atomic E-state index is 13.2. The Balaban J connectivity index is 1.69. The molecule has 1 aliphatic carbocycles. The molecule has 1 aliphatic rings. The molecule has 0 amide bonds. The molecule has 172 valence electrons. The molecule has 0 aromatic heterocycles. The Labute approximate surface area is 200 Å². The number of ketones is 1. The van der Waals surface area contributed by atoms with E-state index < -0.39 is 11.4 Å². The van der Waals surface area contributed by atoms with Crippen LogP contribution < -0.4 is 0 Å². The molecule has 0 saturated heterocycles. The van der Waals surface area contributed by atoms with Gasteiger partial charge in [0.15, 0.2) is 5.78 Å². The molecule has 0 N–H and O–H groups in total. The van der Waals surface area contributed by atoms with E-state index in [1.54, 1.807) is 11.8 Å². The SMILES string of the molecule is CCCCCCC(=O)C=NOC(=O)C1(c2ccc(Sc3ccccc3)cc2)C=CC(C)=CC1. The monoisotopic (exact) mass is 461 g/mol. The van der Waals surface area contributed by atoms with Crippen molar-refractivity contribution in [2.24, 2.45) is 5.16 Å². The number of carbonyl (C=O) groups is 2. The molecule has 0 bridgehead atoms. The van der Waals surface area contributed by atoms with Crippen molar-refractivity contribution in [2.75, 3.05) is 0 Å². The van der Waals surface area contributed by atoms with Crippen LogP contribution in [0, 0.1) is 0 Å². The minimum atomic E-state index is -0.961. The van der Waals surface area contributed by atoms with Crippen molar-refractivity contribution in [1.29, 1.82) is 0 Å². The van der Waals surface area contributed by atoms with Gasteiger partial charge in [-0.15, -0.1) is 0 Å². The van der Waals surface area contributed by atoms with E-state index in [-0.39, 0.29) is 5.78 Å².